The van der Waals surface area contributed by atoms with Gasteiger partial charge in [0.05, 0.1) is 11.1 Å². The van der Waals surface area contributed by atoms with E-state index < -0.39 is 17.2 Å². The molecule has 1 fully saturated rings. The lowest BCUT2D eigenvalue weighted by molar-refractivity contribution is -0.145. The lowest BCUT2D eigenvalue weighted by Crippen LogP contribution is -2.53. The van der Waals surface area contributed by atoms with Crippen LogP contribution in [0.25, 0.3) is 33.5 Å². The van der Waals surface area contributed by atoms with Crippen LogP contribution in [0.2, 0.25) is 10.0 Å². The summed E-state index contributed by atoms with van der Waals surface area (Å²) >= 11 is 12.7. The molecule has 7 nitrogen and oxygen atoms in total. The maximum Gasteiger partial charge on any atom is 0.316 e. The molecular weight excluding hydrogens is 525 g/mol. The van der Waals surface area contributed by atoms with Crippen molar-refractivity contribution in [2.45, 2.75) is 20.8 Å². The first-order valence-electron chi connectivity index (χ1n) is 12.1. The number of halogens is 2. The van der Waals surface area contributed by atoms with Crippen molar-refractivity contribution in [3.8, 4) is 22.4 Å². The largest absolute Gasteiger partial charge is 0.432 e. The van der Waals surface area contributed by atoms with E-state index in [-0.39, 0.29) is 29.5 Å². The van der Waals surface area contributed by atoms with Crippen molar-refractivity contribution < 1.29 is 18.8 Å². The number of rotatable bonds is 4. The number of ketones is 1. The van der Waals surface area contributed by atoms with Crippen LogP contribution in [0.4, 0.5) is 5.69 Å². The third-order valence-corrected chi connectivity index (χ3v) is 7.11. The summed E-state index contributed by atoms with van der Waals surface area (Å²) < 4.78 is 6.12. The van der Waals surface area contributed by atoms with Crippen LogP contribution in [0, 0.1) is 5.41 Å². The Morgan fingerprint density at radius 2 is 1.63 bits per heavy atom. The average Bonchev–Trinajstić information content (AvgIpc) is 3.24. The van der Waals surface area contributed by atoms with E-state index >= 15 is 0 Å². The van der Waals surface area contributed by atoms with Crippen LogP contribution in [-0.4, -0.2) is 47.6 Å². The van der Waals surface area contributed by atoms with Crippen LogP contribution >= 0.6 is 23.2 Å². The van der Waals surface area contributed by atoms with Crippen LogP contribution in [0.15, 0.2) is 59.0 Å². The van der Waals surface area contributed by atoms with Gasteiger partial charge in [0.2, 0.25) is 11.5 Å². The van der Waals surface area contributed by atoms with Crippen LogP contribution in [0.1, 0.15) is 31.3 Å². The normalized spacial score (nSPS) is 14.5. The molecule has 1 saturated heterocycles. The Labute approximate surface area is 229 Å². The van der Waals surface area contributed by atoms with Crippen molar-refractivity contribution in [2.75, 3.05) is 25.0 Å². The van der Waals surface area contributed by atoms with Gasteiger partial charge in [-0.2, -0.15) is 0 Å². The number of nitrogens with zero attached hydrogens (tertiary/aromatic N) is 3. The summed E-state index contributed by atoms with van der Waals surface area (Å²) in [5, 5.41) is 1.52. The molecule has 0 spiro atoms. The number of benzene rings is 2. The summed E-state index contributed by atoms with van der Waals surface area (Å²) in [6, 6.07) is 16.4. The minimum atomic E-state index is -0.813. The van der Waals surface area contributed by atoms with Crippen molar-refractivity contribution in [1.29, 1.82) is 0 Å². The summed E-state index contributed by atoms with van der Waals surface area (Å²) in [6.07, 6.45) is 0. The molecule has 2 aromatic carbocycles. The summed E-state index contributed by atoms with van der Waals surface area (Å²) in [6.45, 7) is 5.83. The predicted molar refractivity (Wildman–Crippen MR) is 149 cm³/mol. The summed E-state index contributed by atoms with van der Waals surface area (Å²) in [7, 11) is 1.57. The fraction of sp³-hybridized carbons (Fsp3) is 0.241. The molecule has 194 valence electrons. The number of aromatic nitrogens is 1. The first-order chi connectivity index (χ1) is 18.0. The van der Waals surface area contributed by atoms with Crippen LogP contribution < -0.4 is 4.90 Å². The fourth-order valence-electron chi connectivity index (χ4n) is 4.43. The molecule has 0 saturated carbocycles. The molecule has 4 aromatic rings. The van der Waals surface area contributed by atoms with E-state index in [2.05, 4.69) is 0 Å². The number of carbonyl (C=O) groups is 3. The van der Waals surface area contributed by atoms with Gasteiger partial charge in [0.15, 0.2) is 5.76 Å². The van der Waals surface area contributed by atoms with E-state index in [4.69, 9.17) is 32.6 Å². The van der Waals surface area contributed by atoms with Crippen molar-refractivity contribution in [3.63, 3.8) is 0 Å². The van der Waals surface area contributed by atoms with Crippen LogP contribution in [0.3, 0.4) is 0 Å². The van der Waals surface area contributed by atoms with Crippen LogP contribution in [-0.2, 0) is 9.59 Å². The third-order valence-electron chi connectivity index (χ3n) is 6.53. The molecule has 38 heavy (non-hydrogen) atoms. The zero-order valence-electron chi connectivity index (χ0n) is 21.3. The van der Waals surface area contributed by atoms with Gasteiger partial charge in [-0.1, -0.05) is 74.3 Å². The highest BCUT2D eigenvalue weighted by Crippen LogP contribution is 2.43. The van der Waals surface area contributed by atoms with Gasteiger partial charge >= 0.3 is 11.8 Å². The molecule has 0 radical (unpaired) electrons. The lowest BCUT2D eigenvalue weighted by Gasteiger charge is -2.31. The average molecular weight is 550 g/mol. The smallest absolute Gasteiger partial charge is 0.316 e. The zero-order valence-corrected chi connectivity index (χ0v) is 22.9. The number of furan rings is 1. The molecule has 3 heterocycles. The number of carbonyl (C=O) groups excluding carboxylic acids is 3. The molecule has 5 rings (SSSR count). The Balaban J connectivity index is 1.85. The number of hydrogen-bond donors (Lipinski definition) is 0. The first kappa shape index (κ1) is 25.9. The Hall–Kier alpha value is -3.68. The zero-order chi connectivity index (χ0) is 27.4. The van der Waals surface area contributed by atoms with Crippen molar-refractivity contribution in [1.82, 2.24) is 9.88 Å². The number of fused-ring (bicyclic) bond motifs is 1. The van der Waals surface area contributed by atoms with Gasteiger partial charge in [0, 0.05) is 46.7 Å². The first-order valence-corrected chi connectivity index (χ1v) is 12.8. The molecule has 0 atom stereocenters. The van der Waals surface area contributed by atoms with E-state index in [0.29, 0.717) is 38.8 Å². The maximum absolute atomic E-state index is 13.6. The molecular formula is C29H25Cl2N3O4. The fourth-order valence-corrected chi connectivity index (χ4v) is 4.78. The molecule has 0 unspecified atom stereocenters. The third kappa shape index (κ3) is 4.46. The van der Waals surface area contributed by atoms with Gasteiger partial charge < -0.3 is 9.32 Å². The Bertz CT molecular complexity index is 1600. The van der Waals surface area contributed by atoms with Gasteiger partial charge in [0.25, 0.3) is 0 Å². The second-order valence-electron chi connectivity index (χ2n) is 10.3. The molecule has 0 bridgehead atoms. The second kappa shape index (κ2) is 9.57. The van der Waals surface area contributed by atoms with Gasteiger partial charge in [-0.25, -0.2) is 4.98 Å². The lowest BCUT2D eigenvalue weighted by atomic mass is 9.88. The molecule has 1 aliphatic rings. The highest BCUT2D eigenvalue weighted by Gasteiger charge is 2.39. The van der Waals surface area contributed by atoms with Gasteiger partial charge in [-0.3, -0.25) is 19.3 Å². The number of anilines is 1. The number of pyridine rings is 1. The maximum atomic E-state index is 13.6. The Morgan fingerprint density at radius 3 is 2.29 bits per heavy atom. The van der Waals surface area contributed by atoms with Crippen molar-refractivity contribution in [3.05, 3.63) is 70.4 Å². The molecule has 2 aromatic heterocycles. The minimum absolute atomic E-state index is 0.0101. The number of hydrogen-bond acceptors (Lipinski definition) is 5. The molecule has 1 aliphatic heterocycles. The number of Topliss-reactive ketones (excluding diaryl/α,β-unsaturated/α-hetero) is 1. The summed E-state index contributed by atoms with van der Waals surface area (Å²) in [4.78, 5) is 46.9. The predicted octanol–water partition coefficient (Wildman–Crippen LogP) is 6.50. The summed E-state index contributed by atoms with van der Waals surface area (Å²) in [5.74, 6) is -1.70. The van der Waals surface area contributed by atoms with Crippen LogP contribution in [0.5, 0.6) is 0 Å². The van der Waals surface area contributed by atoms with E-state index in [0.717, 1.165) is 5.56 Å². The summed E-state index contributed by atoms with van der Waals surface area (Å²) in [5.41, 5.74) is 2.32. The number of likely N-dealkylation sites (N-methyl/N-ethyl adjacent to an activating group) is 1. The van der Waals surface area contributed by atoms with E-state index in [1.807, 2.05) is 36.4 Å². The molecule has 0 aliphatic carbocycles. The standard InChI is InChI=1S/C29H25Cl2N3O4/c1-29(2,3)25(35)24-23(34-14-13-33(4)27(36)28(34)37)20-15-19(16-9-11-17(30)12-10-16)22(32-26(20)38-24)18-7-5-6-8-21(18)31/h5-12,15H,13-14H2,1-4H3. The van der Waals surface area contributed by atoms with Crippen molar-refractivity contribution in [2.24, 2.45) is 5.41 Å². The minimum Gasteiger partial charge on any atom is -0.432 e. The molecule has 9 heteroatoms. The highest BCUT2D eigenvalue weighted by molar-refractivity contribution is 6.42. The van der Waals surface area contributed by atoms with E-state index in [1.165, 1.54) is 9.80 Å². The van der Waals surface area contributed by atoms with Gasteiger partial charge in [-0.05, 0) is 29.8 Å². The SMILES string of the molecule is CN1CCN(c2c(C(=O)C(C)(C)C)oc3nc(-c4ccccc4Cl)c(-c4ccc(Cl)cc4)cc23)C(=O)C1=O. The Kier molecular flexibility index (Phi) is 6.53. The van der Waals surface area contributed by atoms with Crippen molar-refractivity contribution >= 4 is 57.6 Å². The molecule has 0 N–H and O–H groups in total. The molecule has 2 amide bonds. The monoisotopic (exact) mass is 549 g/mol. The highest BCUT2D eigenvalue weighted by atomic mass is 35.5. The Morgan fingerprint density at radius 1 is 0.947 bits per heavy atom. The van der Waals surface area contributed by atoms with E-state index in [9.17, 15) is 14.4 Å². The second-order valence-corrected chi connectivity index (χ2v) is 11.1. The number of amides is 2. The van der Waals surface area contributed by atoms with Gasteiger partial charge in [-0.15, -0.1) is 0 Å². The number of piperazine rings is 1. The topological polar surface area (TPSA) is 83.7 Å². The van der Waals surface area contributed by atoms with Gasteiger partial charge in [0.1, 0.15) is 5.69 Å². The van der Waals surface area contributed by atoms with E-state index in [1.54, 1.807) is 46.0 Å². The quantitative estimate of drug-likeness (QED) is 0.214.